The van der Waals surface area contributed by atoms with E-state index in [1.54, 1.807) is 6.07 Å². The Labute approximate surface area is 138 Å². The number of benzene rings is 1. The van der Waals surface area contributed by atoms with Crippen molar-refractivity contribution in [3.8, 4) is 0 Å². The van der Waals surface area contributed by atoms with Gasteiger partial charge in [-0.1, -0.05) is 0 Å². The van der Waals surface area contributed by atoms with E-state index in [1.807, 2.05) is 0 Å². The number of sulfonamides is 1. The summed E-state index contributed by atoms with van der Waals surface area (Å²) in [5.74, 6) is -0.604. The van der Waals surface area contributed by atoms with E-state index >= 15 is 0 Å². The van der Waals surface area contributed by atoms with Gasteiger partial charge >= 0.3 is 0 Å². The van der Waals surface area contributed by atoms with Crippen molar-refractivity contribution in [1.82, 2.24) is 14.7 Å². The van der Waals surface area contributed by atoms with Gasteiger partial charge in [0.1, 0.15) is 6.61 Å². The number of nitrogens with zero attached hydrogens (tertiary/aromatic N) is 1. The average molecular weight is 354 g/mol. The number of primary amides is 1. The van der Waals surface area contributed by atoms with Crippen molar-refractivity contribution in [3.63, 3.8) is 0 Å². The van der Waals surface area contributed by atoms with Crippen molar-refractivity contribution < 1.29 is 22.7 Å². The molecule has 1 amide bonds. The van der Waals surface area contributed by atoms with E-state index in [9.17, 15) is 13.2 Å². The van der Waals surface area contributed by atoms with Gasteiger partial charge in [0.05, 0.1) is 41.0 Å². The van der Waals surface area contributed by atoms with Gasteiger partial charge in [0.25, 0.3) is 0 Å². The first-order chi connectivity index (χ1) is 11.5. The molecule has 4 N–H and O–H groups in total. The predicted molar refractivity (Wildman–Crippen MR) is 84.6 cm³/mol. The fourth-order valence-electron chi connectivity index (χ4n) is 2.57. The maximum atomic E-state index is 12.6. The third-order valence-corrected chi connectivity index (χ3v) is 5.23. The molecule has 0 aliphatic carbocycles. The van der Waals surface area contributed by atoms with Crippen LogP contribution in [-0.2, 0) is 24.3 Å². The van der Waals surface area contributed by atoms with Crippen molar-refractivity contribution in [3.05, 3.63) is 24.5 Å². The Balaban J connectivity index is 1.77. The zero-order valence-electron chi connectivity index (χ0n) is 12.8. The molecule has 1 fully saturated rings. The van der Waals surface area contributed by atoms with E-state index in [-0.39, 0.29) is 18.1 Å². The maximum absolute atomic E-state index is 12.6. The van der Waals surface area contributed by atoms with Gasteiger partial charge in [0.2, 0.25) is 15.9 Å². The second-order valence-corrected chi connectivity index (χ2v) is 7.20. The SMILES string of the molecule is NC(=O)CO[C@@H]1CCOC[C@@H]1NS(=O)(=O)c1ccc2nc[nH]c2c1. The highest BCUT2D eigenvalue weighted by Crippen LogP contribution is 2.19. The fourth-order valence-corrected chi connectivity index (χ4v) is 3.84. The smallest absolute Gasteiger partial charge is 0.243 e. The summed E-state index contributed by atoms with van der Waals surface area (Å²) < 4.78 is 38.5. The minimum Gasteiger partial charge on any atom is -0.380 e. The van der Waals surface area contributed by atoms with Crippen LogP contribution in [0.3, 0.4) is 0 Å². The summed E-state index contributed by atoms with van der Waals surface area (Å²) in [6.07, 6.45) is 1.49. The summed E-state index contributed by atoms with van der Waals surface area (Å²) in [5.41, 5.74) is 6.38. The monoisotopic (exact) mass is 354 g/mol. The normalized spacial score (nSPS) is 21.8. The van der Waals surface area contributed by atoms with Crippen molar-refractivity contribution in [2.75, 3.05) is 19.8 Å². The molecule has 24 heavy (non-hydrogen) atoms. The van der Waals surface area contributed by atoms with Crippen LogP contribution in [0.25, 0.3) is 11.0 Å². The number of nitrogens with one attached hydrogen (secondary N) is 2. The number of carbonyl (C=O) groups is 1. The number of rotatable bonds is 6. The molecule has 2 aromatic rings. The van der Waals surface area contributed by atoms with Crippen LogP contribution < -0.4 is 10.5 Å². The fraction of sp³-hybridized carbons (Fsp3) is 0.429. The van der Waals surface area contributed by atoms with Crippen LogP contribution in [0.15, 0.2) is 29.4 Å². The van der Waals surface area contributed by atoms with Crippen molar-refractivity contribution >= 4 is 27.0 Å². The molecule has 3 rings (SSSR count). The van der Waals surface area contributed by atoms with Crippen molar-refractivity contribution in [2.45, 2.75) is 23.5 Å². The number of ether oxygens (including phenoxy) is 2. The van der Waals surface area contributed by atoms with Gasteiger partial charge in [0.15, 0.2) is 0 Å². The van der Waals surface area contributed by atoms with Crippen LogP contribution in [0.2, 0.25) is 0 Å². The summed E-state index contributed by atoms with van der Waals surface area (Å²) in [6.45, 7) is 0.333. The molecule has 0 radical (unpaired) electrons. The highest BCUT2D eigenvalue weighted by Gasteiger charge is 2.31. The van der Waals surface area contributed by atoms with Gasteiger partial charge in [-0.25, -0.2) is 18.1 Å². The number of carbonyl (C=O) groups excluding carboxylic acids is 1. The van der Waals surface area contributed by atoms with Gasteiger partial charge < -0.3 is 20.2 Å². The summed E-state index contributed by atoms with van der Waals surface area (Å²) in [5, 5.41) is 0. The van der Waals surface area contributed by atoms with Crippen LogP contribution in [0.1, 0.15) is 6.42 Å². The molecule has 0 unspecified atom stereocenters. The van der Waals surface area contributed by atoms with Crippen LogP contribution in [0.5, 0.6) is 0 Å². The first-order valence-corrected chi connectivity index (χ1v) is 8.87. The second kappa shape index (κ2) is 6.85. The Bertz CT molecular complexity index is 835. The molecule has 0 bridgehead atoms. The summed E-state index contributed by atoms with van der Waals surface area (Å²) >= 11 is 0. The molecule has 1 aromatic carbocycles. The van der Waals surface area contributed by atoms with Gasteiger partial charge in [0, 0.05) is 6.61 Å². The lowest BCUT2D eigenvalue weighted by Gasteiger charge is -2.31. The number of imidazole rings is 1. The number of aromatic nitrogens is 2. The number of hydrogen-bond acceptors (Lipinski definition) is 6. The standard InChI is InChI=1S/C14H18N4O5S/c15-14(19)7-23-13-3-4-22-6-12(13)18-24(20,21)9-1-2-10-11(5-9)17-8-16-10/h1-2,5,8,12-13,18H,3-4,6-7H2,(H2,15,19)(H,16,17)/t12-,13+/m0/s1. The molecule has 2 atom stereocenters. The lowest BCUT2D eigenvalue weighted by molar-refractivity contribution is -0.127. The molecule has 0 spiro atoms. The Morgan fingerprint density at radius 1 is 1.50 bits per heavy atom. The van der Waals surface area contributed by atoms with E-state index in [4.69, 9.17) is 15.2 Å². The number of aromatic amines is 1. The highest BCUT2D eigenvalue weighted by atomic mass is 32.2. The summed E-state index contributed by atoms with van der Waals surface area (Å²) in [6, 6.07) is 4.02. The number of nitrogens with two attached hydrogens (primary N) is 1. The lowest BCUT2D eigenvalue weighted by atomic mass is 10.1. The topological polar surface area (TPSA) is 136 Å². The number of fused-ring (bicyclic) bond motifs is 1. The molecule has 9 nitrogen and oxygen atoms in total. The molecule has 1 aliphatic rings. The summed E-state index contributed by atoms with van der Waals surface area (Å²) in [4.78, 5) is 17.9. The quantitative estimate of drug-likeness (QED) is 0.640. The average Bonchev–Trinajstić information content (AvgIpc) is 3.01. The molecule has 1 aliphatic heterocycles. The molecule has 130 valence electrons. The molecule has 0 saturated carbocycles. The Morgan fingerprint density at radius 2 is 2.33 bits per heavy atom. The third kappa shape index (κ3) is 3.73. The van der Waals surface area contributed by atoms with Crippen molar-refractivity contribution in [2.24, 2.45) is 5.73 Å². The van der Waals surface area contributed by atoms with E-state index in [0.717, 1.165) is 0 Å². The number of amides is 1. The molecule has 1 aromatic heterocycles. The first-order valence-electron chi connectivity index (χ1n) is 7.39. The van der Waals surface area contributed by atoms with Gasteiger partial charge in [-0.3, -0.25) is 4.79 Å². The molecule has 1 saturated heterocycles. The zero-order chi connectivity index (χ0) is 17.2. The minimum atomic E-state index is -3.77. The number of hydrogen-bond donors (Lipinski definition) is 3. The molecule has 2 heterocycles. The lowest BCUT2D eigenvalue weighted by Crippen LogP contribution is -2.51. The zero-order valence-corrected chi connectivity index (χ0v) is 13.6. The Morgan fingerprint density at radius 3 is 3.12 bits per heavy atom. The minimum absolute atomic E-state index is 0.110. The van der Waals surface area contributed by atoms with Gasteiger partial charge in [-0.15, -0.1) is 0 Å². The van der Waals surface area contributed by atoms with E-state index < -0.39 is 28.1 Å². The molecular formula is C14H18N4O5S. The van der Waals surface area contributed by atoms with Crippen LogP contribution in [0.4, 0.5) is 0 Å². The summed E-state index contributed by atoms with van der Waals surface area (Å²) in [7, 11) is -3.77. The molecular weight excluding hydrogens is 336 g/mol. The Kier molecular flexibility index (Phi) is 4.81. The van der Waals surface area contributed by atoms with E-state index in [0.29, 0.717) is 24.1 Å². The van der Waals surface area contributed by atoms with Gasteiger partial charge in [-0.05, 0) is 24.6 Å². The van der Waals surface area contributed by atoms with Crippen LogP contribution in [-0.4, -0.2) is 56.3 Å². The largest absolute Gasteiger partial charge is 0.380 e. The Hall–Kier alpha value is -2.01. The van der Waals surface area contributed by atoms with Crippen molar-refractivity contribution in [1.29, 1.82) is 0 Å². The predicted octanol–water partition coefficient (Wildman–Crippen LogP) is -0.499. The van der Waals surface area contributed by atoms with E-state index in [2.05, 4.69) is 14.7 Å². The highest BCUT2D eigenvalue weighted by molar-refractivity contribution is 7.89. The third-order valence-electron chi connectivity index (χ3n) is 3.74. The first kappa shape index (κ1) is 16.8. The van der Waals surface area contributed by atoms with E-state index in [1.165, 1.54) is 18.5 Å². The molecule has 10 heteroatoms. The second-order valence-electron chi connectivity index (χ2n) is 5.49. The number of H-pyrrole nitrogens is 1. The maximum Gasteiger partial charge on any atom is 0.243 e. The van der Waals surface area contributed by atoms with Gasteiger partial charge in [-0.2, -0.15) is 0 Å². The van der Waals surface area contributed by atoms with Crippen LogP contribution >= 0.6 is 0 Å². The van der Waals surface area contributed by atoms with Crippen LogP contribution in [0, 0.1) is 0 Å².